The largest absolute Gasteiger partial charge is 0.472 e. The van der Waals surface area contributed by atoms with Crippen molar-refractivity contribution in [3.8, 4) is 0 Å². The molecule has 0 rings (SSSR count). The van der Waals surface area contributed by atoms with Crippen LogP contribution in [-0.2, 0) is 55.8 Å². The van der Waals surface area contributed by atoms with Crippen LogP contribution in [0.3, 0.4) is 0 Å². The molecule has 0 fully saturated rings. The molecule has 504 valence electrons. The molecular weight excluding hydrogens is 1150 g/mol. The number of aliphatic hydroxyl groups is 2. The zero-order valence-corrected chi connectivity index (χ0v) is 56.2. The van der Waals surface area contributed by atoms with Gasteiger partial charge in [0.15, 0.2) is 6.10 Å². The minimum atomic E-state index is -4.92. The second-order valence-corrected chi connectivity index (χ2v) is 25.5. The average Bonchev–Trinajstić information content (AvgIpc) is 3.54. The van der Waals surface area contributed by atoms with Crippen LogP contribution in [0.15, 0.2) is 85.1 Å². The predicted molar refractivity (Wildman–Crippen MR) is 353 cm³/mol. The molecule has 0 aliphatic carbocycles. The first kappa shape index (κ1) is 83.7. The third-order valence-electron chi connectivity index (χ3n) is 14.1. The first-order chi connectivity index (χ1) is 42.2. The van der Waals surface area contributed by atoms with E-state index in [-0.39, 0.29) is 19.3 Å². The summed E-state index contributed by atoms with van der Waals surface area (Å²) in [6.45, 7) is 2.50. The number of allylic oxidation sites excluding steroid dienone is 14. The van der Waals surface area contributed by atoms with Crippen LogP contribution in [0.1, 0.15) is 278 Å². The van der Waals surface area contributed by atoms with Gasteiger partial charge in [0.05, 0.1) is 26.4 Å². The average molecular weight is 1270 g/mol. The van der Waals surface area contributed by atoms with E-state index in [1.165, 1.54) is 64.2 Å². The van der Waals surface area contributed by atoms with Gasteiger partial charge in [0, 0.05) is 19.3 Å². The number of aliphatic hydroxyl groups excluding tert-OH is 2. The summed E-state index contributed by atoms with van der Waals surface area (Å²) in [4.78, 5) is 58.3. The molecule has 0 amide bonds. The maximum atomic E-state index is 12.9. The van der Waals surface area contributed by atoms with Crippen LogP contribution in [0.25, 0.3) is 0 Å². The van der Waals surface area contributed by atoms with Gasteiger partial charge < -0.3 is 34.2 Å². The fraction of sp³-hybridized carbons (Fsp3) is 0.754. The molecule has 18 heteroatoms. The van der Waals surface area contributed by atoms with Gasteiger partial charge in [-0.3, -0.25) is 32.5 Å². The monoisotopic (exact) mass is 1270 g/mol. The highest BCUT2D eigenvalue weighted by atomic mass is 31.2. The van der Waals surface area contributed by atoms with Crippen molar-refractivity contribution in [2.75, 3.05) is 39.6 Å². The first-order valence-electron chi connectivity index (χ1n) is 33.9. The van der Waals surface area contributed by atoms with Crippen molar-refractivity contribution in [1.82, 2.24) is 0 Å². The van der Waals surface area contributed by atoms with E-state index in [0.717, 1.165) is 154 Å². The fourth-order valence-corrected chi connectivity index (χ4v) is 10.5. The maximum Gasteiger partial charge on any atom is 0.472 e. The molecule has 0 saturated carbocycles. The van der Waals surface area contributed by atoms with Gasteiger partial charge in [-0.2, -0.15) is 0 Å². The van der Waals surface area contributed by atoms with Crippen molar-refractivity contribution in [2.24, 2.45) is 0 Å². The number of rotatable bonds is 64. The standard InChI is InChI=1S/C69H122O16P2/c1-4-7-10-13-16-19-22-24-26-28-29-30-31-32-33-35-37-38-41-43-46-49-52-55-67(72)79-58-64(70)59-81-86(75,76)82-60-65(71)61-83-87(77,78)84-63-66(85-69(74)57-54-51-48-45-40-21-18-15-12-9-6-3)62-80-68(73)56-53-50-47-44-42-39-36-34-27-25-23-20-17-14-11-8-5-2/h8,11,16-17,19-20,24-27,29-30,32-33,64-66,70-71H,4-7,9-10,12-15,18,21-23,28,31,34-63H2,1-3H3,(H,75,76)(H,77,78)/b11-8-,19-16-,20-17-,26-24-,27-25-,30-29-,33-32-. The van der Waals surface area contributed by atoms with Crippen molar-refractivity contribution >= 4 is 33.6 Å². The topological polar surface area (TPSA) is 231 Å². The van der Waals surface area contributed by atoms with Crippen molar-refractivity contribution < 1.29 is 75.8 Å². The van der Waals surface area contributed by atoms with E-state index in [2.05, 4.69) is 106 Å². The summed E-state index contributed by atoms with van der Waals surface area (Å²) in [6.07, 6.45) is 66.4. The number of phosphoric ester groups is 2. The molecule has 87 heavy (non-hydrogen) atoms. The third kappa shape index (κ3) is 64.1. The number of carbonyl (C=O) groups is 3. The van der Waals surface area contributed by atoms with Gasteiger partial charge in [0.1, 0.15) is 25.4 Å². The minimum Gasteiger partial charge on any atom is -0.463 e. The third-order valence-corrected chi connectivity index (χ3v) is 16.0. The van der Waals surface area contributed by atoms with E-state index in [4.69, 9.17) is 32.3 Å². The molecule has 0 bridgehead atoms. The fourth-order valence-electron chi connectivity index (χ4n) is 8.92. The highest BCUT2D eigenvalue weighted by molar-refractivity contribution is 7.47. The van der Waals surface area contributed by atoms with E-state index in [0.29, 0.717) is 19.3 Å². The smallest absolute Gasteiger partial charge is 0.463 e. The predicted octanol–water partition coefficient (Wildman–Crippen LogP) is 18.5. The van der Waals surface area contributed by atoms with Crippen molar-refractivity contribution in [3.63, 3.8) is 0 Å². The highest BCUT2D eigenvalue weighted by Crippen LogP contribution is 2.45. The van der Waals surface area contributed by atoms with Crippen LogP contribution < -0.4 is 0 Å². The van der Waals surface area contributed by atoms with Crippen molar-refractivity contribution in [2.45, 2.75) is 296 Å². The van der Waals surface area contributed by atoms with Gasteiger partial charge >= 0.3 is 33.6 Å². The number of esters is 3. The lowest BCUT2D eigenvalue weighted by Gasteiger charge is -2.21. The Bertz CT molecular complexity index is 1930. The number of carbonyl (C=O) groups excluding carboxylic acids is 3. The molecule has 0 radical (unpaired) electrons. The lowest BCUT2D eigenvalue weighted by Crippen LogP contribution is -2.30. The normalized spacial score (nSPS) is 14.8. The second-order valence-electron chi connectivity index (χ2n) is 22.6. The molecule has 0 heterocycles. The van der Waals surface area contributed by atoms with Gasteiger partial charge in [-0.25, -0.2) is 9.13 Å². The van der Waals surface area contributed by atoms with E-state index < -0.39 is 91.5 Å². The molecule has 0 aliphatic heterocycles. The molecule has 0 saturated heterocycles. The highest BCUT2D eigenvalue weighted by Gasteiger charge is 2.29. The molecule has 4 N–H and O–H groups in total. The number of hydrogen-bond donors (Lipinski definition) is 4. The van der Waals surface area contributed by atoms with E-state index >= 15 is 0 Å². The van der Waals surface area contributed by atoms with Crippen LogP contribution in [0.5, 0.6) is 0 Å². The second kappa shape index (κ2) is 62.9. The molecule has 0 aromatic rings. The van der Waals surface area contributed by atoms with Gasteiger partial charge in [-0.1, -0.05) is 247 Å². The molecule has 0 aromatic heterocycles. The van der Waals surface area contributed by atoms with Gasteiger partial charge in [0.2, 0.25) is 0 Å². The summed E-state index contributed by atoms with van der Waals surface area (Å²) in [5.41, 5.74) is 0. The molecule has 0 aromatic carbocycles. The van der Waals surface area contributed by atoms with E-state index in [1.807, 2.05) is 0 Å². The SMILES string of the molecule is CC/C=C\C/C=C\C/C=C\CCCCCCCCCC(=O)OCC(COP(=O)(O)OCC(O)COP(=O)(O)OCC(O)COC(=O)CCCCCCCCC/C=C\C/C=C\C/C=C\C/C=C\CCCCC)OC(=O)CCCCCCCCCCCCC. The number of hydrogen-bond acceptors (Lipinski definition) is 14. The molecule has 5 unspecified atom stereocenters. The van der Waals surface area contributed by atoms with Crippen LogP contribution in [-0.4, -0.2) is 95.9 Å². The minimum absolute atomic E-state index is 0.105. The Balaban J connectivity index is 4.55. The van der Waals surface area contributed by atoms with Gasteiger partial charge in [-0.05, 0) is 96.3 Å². The summed E-state index contributed by atoms with van der Waals surface area (Å²) in [5.74, 6) is -1.59. The van der Waals surface area contributed by atoms with Crippen molar-refractivity contribution in [3.05, 3.63) is 85.1 Å². The Kier molecular flexibility index (Phi) is 60.5. The number of phosphoric acid groups is 2. The maximum absolute atomic E-state index is 12.9. The summed E-state index contributed by atoms with van der Waals surface area (Å²) in [5, 5.41) is 20.5. The lowest BCUT2D eigenvalue weighted by molar-refractivity contribution is -0.161. The Morgan fingerprint density at radius 3 is 0.989 bits per heavy atom. The van der Waals surface area contributed by atoms with Crippen LogP contribution in [0.4, 0.5) is 0 Å². The first-order valence-corrected chi connectivity index (χ1v) is 36.9. The van der Waals surface area contributed by atoms with Gasteiger partial charge in [0.25, 0.3) is 0 Å². The van der Waals surface area contributed by atoms with Crippen LogP contribution >= 0.6 is 15.6 Å². The molecule has 0 spiro atoms. The Hall–Kier alpha value is -3.27. The molecule has 5 atom stereocenters. The Morgan fingerprint density at radius 2 is 0.609 bits per heavy atom. The molecule has 0 aliphatic rings. The van der Waals surface area contributed by atoms with E-state index in [1.54, 1.807) is 0 Å². The number of ether oxygens (including phenoxy) is 3. The Morgan fingerprint density at radius 1 is 0.333 bits per heavy atom. The van der Waals surface area contributed by atoms with Crippen LogP contribution in [0.2, 0.25) is 0 Å². The quantitative estimate of drug-likeness (QED) is 0.0146. The molecular formula is C69H122O16P2. The summed E-state index contributed by atoms with van der Waals surface area (Å²) in [7, 11) is -9.77. The van der Waals surface area contributed by atoms with E-state index in [9.17, 15) is 43.5 Å². The summed E-state index contributed by atoms with van der Waals surface area (Å²) < 4.78 is 60.8. The van der Waals surface area contributed by atoms with Crippen LogP contribution in [0, 0.1) is 0 Å². The summed E-state index contributed by atoms with van der Waals surface area (Å²) >= 11 is 0. The van der Waals surface area contributed by atoms with Gasteiger partial charge in [-0.15, -0.1) is 0 Å². The zero-order chi connectivity index (χ0) is 63.8. The molecule has 16 nitrogen and oxygen atoms in total. The zero-order valence-electron chi connectivity index (χ0n) is 54.4. The van der Waals surface area contributed by atoms with Crippen molar-refractivity contribution in [1.29, 1.82) is 0 Å². The summed E-state index contributed by atoms with van der Waals surface area (Å²) in [6, 6.07) is 0. The Labute approximate surface area is 527 Å². The number of unbranched alkanes of at least 4 members (excludes halogenated alkanes) is 27. The lowest BCUT2D eigenvalue weighted by atomic mass is 10.1.